The van der Waals surface area contributed by atoms with E-state index in [1.54, 1.807) is 21.3 Å². The van der Waals surface area contributed by atoms with Gasteiger partial charge in [-0.3, -0.25) is 0 Å². The molecule has 2 aliphatic carbocycles. The van der Waals surface area contributed by atoms with Gasteiger partial charge in [0, 0.05) is 18.2 Å². The minimum absolute atomic E-state index is 0.0195. The van der Waals surface area contributed by atoms with Crippen LogP contribution < -0.4 is 19.9 Å². The molecule has 116 valence electrons. The minimum atomic E-state index is -0.0195. The molecule has 0 heterocycles. The summed E-state index contributed by atoms with van der Waals surface area (Å²) in [5.74, 6) is 4.43. The molecule has 0 spiro atoms. The van der Waals surface area contributed by atoms with Crippen LogP contribution in [0.5, 0.6) is 17.2 Å². The molecule has 21 heavy (non-hydrogen) atoms. The van der Waals surface area contributed by atoms with E-state index < -0.39 is 0 Å². The van der Waals surface area contributed by atoms with Crippen LogP contribution in [-0.2, 0) is 0 Å². The SMILES string of the molecule is COc1cc(OC)c(C(N)C2C3CCCCC32)c(OC)c1. The molecule has 4 heteroatoms. The average molecular weight is 291 g/mol. The molecular formula is C17H25NO3. The number of ether oxygens (including phenoxy) is 3. The molecule has 2 aliphatic rings. The van der Waals surface area contributed by atoms with E-state index in [1.165, 1.54) is 25.7 Å². The summed E-state index contributed by atoms with van der Waals surface area (Å²) < 4.78 is 16.4. The van der Waals surface area contributed by atoms with Crippen LogP contribution in [0, 0.1) is 17.8 Å². The van der Waals surface area contributed by atoms with Gasteiger partial charge in [0.15, 0.2) is 0 Å². The smallest absolute Gasteiger partial charge is 0.131 e. The van der Waals surface area contributed by atoms with Crippen molar-refractivity contribution in [3.63, 3.8) is 0 Å². The van der Waals surface area contributed by atoms with Gasteiger partial charge in [-0.1, -0.05) is 12.8 Å². The lowest BCUT2D eigenvalue weighted by atomic mass is 9.98. The Hall–Kier alpha value is -1.42. The number of benzene rings is 1. The van der Waals surface area contributed by atoms with Crippen molar-refractivity contribution >= 4 is 0 Å². The summed E-state index contributed by atoms with van der Waals surface area (Å²) in [6.45, 7) is 0. The van der Waals surface area contributed by atoms with Crippen LogP contribution in [0.2, 0.25) is 0 Å². The lowest BCUT2D eigenvalue weighted by molar-refractivity contribution is 0.359. The molecule has 0 saturated heterocycles. The van der Waals surface area contributed by atoms with Gasteiger partial charge in [0.1, 0.15) is 17.2 Å². The number of rotatable bonds is 5. The second-order valence-electron chi connectivity index (χ2n) is 6.16. The highest BCUT2D eigenvalue weighted by Gasteiger charge is 2.54. The summed E-state index contributed by atoms with van der Waals surface area (Å²) in [7, 11) is 4.98. The maximum Gasteiger partial charge on any atom is 0.131 e. The predicted octanol–water partition coefficient (Wildman–Crippen LogP) is 3.15. The highest BCUT2D eigenvalue weighted by atomic mass is 16.5. The largest absolute Gasteiger partial charge is 0.496 e. The molecule has 1 aromatic carbocycles. The molecule has 3 atom stereocenters. The molecule has 3 rings (SSSR count). The van der Waals surface area contributed by atoms with E-state index in [2.05, 4.69) is 0 Å². The standard InChI is InChI=1S/C17H25NO3/c1-19-10-8-13(20-2)16(14(9-10)21-3)17(18)15-11-6-4-5-7-12(11)15/h8-9,11-12,15,17H,4-7,18H2,1-3H3. The Morgan fingerprint density at radius 2 is 1.48 bits per heavy atom. The van der Waals surface area contributed by atoms with Gasteiger partial charge >= 0.3 is 0 Å². The van der Waals surface area contributed by atoms with Crippen molar-refractivity contribution in [1.29, 1.82) is 0 Å². The van der Waals surface area contributed by atoms with Crippen LogP contribution >= 0.6 is 0 Å². The molecule has 2 fully saturated rings. The zero-order valence-corrected chi connectivity index (χ0v) is 13.1. The Kier molecular flexibility index (Phi) is 3.98. The Bertz CT molecular complexity index is 480. The van der Waals surface area contributed by atoms with E-state index in [1.807, 2.05) is 12.1 Å². The third kappa shape index (κ3) is 2.46. The van der Waals surface area contributed by atoms with Crippen molar-refractivity contribution in [2.24, 2.45) is 23.5 Å². The Morgan fingerprint density at radius 1 is 0.952 bits per heavy atom. The van der Waals surface area contributed by atoms with Crippen LogP contribution in [-0.4, -0.2) is 21.3 Å². The summed E-state index contributed by atoms with van der Waals surface area (Å²) >= 11 is 0. The summed E-state index contributed by atoms with van der Waals surface area (Å²) in [4.78, 5) is 0. The van der Waals surface area contributed by atoms with Gasteiger partial charge < -0.3 is 19.9 Å². The van der Waals surface area contributed by atoms with Crippen molar-refractivity contribution in [2.75, 3.05) is 21.3 Å². The van der Waals surface area contributed by atoms with E-state index >= 15 is 0 Å². The van der Waals surface area contributed by atoms with Crippen LogP contribution in [0.4, 0.5) is 0 Å². The molecule has 0 amide bonds. The molecule has 0 aromatic heterocycles. The molecule has 0 aliphatic heterocycles. The van der Waals surface area contributed by atoms with Crippen molar-refractivity contribution in [2.45, 2.75) is 31.7 Å². The lowest BCUT2D eigenvalue weighted by Crippen LogP contribution is -2.17. The van der Waals surface area contributed by atoms with Gasteiger partial charge in [-0.2, -0.15) is 0 Å². The summed E-state index contributed by atoms with van der Waals surface area (Å²) in [6.07, 6.45) is 5.34. The molecule has 2 N–H and O–H groups in total. The molecule has 0 bridgehead atoms. The Morgan fingerprint density at radius 3 is 1.90 bits per heavy atom. The van der Waals surface area contributed by atoms with E-state index in [0.717, 1.165) is 34.6 Å². The normalized spacial score (nSPS) is 28.5. The summed E-state index contributed by atoms with van der Waals surface area (Å²) in [5, 5.41) is 0. The quantitative estimate of drug-likeness (QED) is 0.905. The van der Waals surface area contributed by atoms with Crippen molar-refractivity contribution < 1.29 is 14.2 Å². The molecule has 3 unspecified atom stereocenters. The van der Waals surface area contributed by atoms with Gasteiger partial charge in [0.25, 0.3) is 0 Å². The second-order valence-corrected chi connectivity index (χ2v) is 6.16. The third-order valence-corrected chi connectivity index (χ3v) is 5.22. The first-order chi connectivity index (χ1) is 10.2. The molecule has 2 saturated carbocycles. The third-order valence-electron chi connectivity index (χ3n) is 5.22. The van der Waals surface area contributed by atoms with E-state index in [4.69, 9.17) is 19.9 Å². The van der Waals surface area contributed by atoms with Crippen LogP contribution in [0.1, 0.15) is 37.3 Å². The highest BCUT2D eigenvalue weighted by molar-refractivity contribution is 5.53. The summed E-state index contributed by atoms with van der Waals surface area (Å²) in [5.41, 5.74) is 7.59. The van der Waals surface area contributed by atoms with Crippen molar-refractivity contribution in [3.05, 3.63) is 17.7 Å². The fraction of sp³-hybridized carbons (Fsp3) is 0.647. The van der Waals surface area contributed by atoms with Gasteiger partial charge in [-0.25, -0.2) is 0 Å². The van der Waals surface area contributed by atoms with E-state index in [9.17, 15) is 0 Å². The summed E-state index contributed by atoms with van der Waals surface area (Å²) in [6, 6.07) is 3.77. The maximum absolute atomic E-state index is 6.60. The topological polar surface area (TPSA) is 53.7 Å². The van der Waals surface area contributed by atoms with E-state index in [0.29, 0.717) is 5.92 Å². The van der Waals surface area contributed by atoms with Crippen molar-refractivity contribution in [3.8, 4) is 17.2 Å². The monoisotopic (exact) mass is 291 g/mol. The Balaban J connectivity index is 1.93. The first-order valence-electron chi connectivity index (χ1n) is 7.76. The average Bonchev–Trinajstić information content (AvgIpc) is 3.27. The van der Waals surface area contributed by atoms with Crippen LogP contribution in [0.3, 0.4) is 0 Å². The maximum atomic E-state index is 6.60. The van der Waals surface area contributed by atoms with E-state index in [-0.39, 0.29) is 6.04 Å². The number of nitrogens with two attached hydrogens (primary N) is 1. The fourth-order valence-electron chi connectivity index (χ4n) is 4.13. The van der Waals surface area contributed by atoms with Crippen LogP contribution in [0.15, 0.2) is 12.1 Å². The zero-order chi connectivity index (χ0) is 15.0. The van der Waals surface area contributed by atoms with Gasteiger partial charge in [0.2, 0.25) is 0 Å². The number of hydrogen-bond donors (Lipinski definition) is 1. The van der Waals surface area contributed by atoms with Crippen molar-refractivity contribution in [1.82, 2.24) is 0 Å². The van der Waals surface area contributed by atoms with Gasteiger partial charge in [-0.15, -0.1) is 0 Å². The number of fused-ring (bicyclic) bond motifs is 1. The number of hydrogen-bond acceptors (Lipinski definition) is 4. The second kappa shape index (κ2) is 5.76. The van der Waals surface area contributed by atoms with Crippen LogP contribution in [0.25, 0.3) is 0 Å². The van der Waals surface area contributed by atoms with Gasteiger partial charge in [-0.05, 0) is 30.6 Å². The molecule has 4 nitrogen and oxygen atoms in total. The highest BCUT2D eigenvalue weighted by Crippen LogP contribution is 2.61. The number of methoxy groups -OCH3 is 3. The first kappa shape index (κ1) is 14.5. The molecule has 1 aromatic rings. The predicted molar refractivity (Wildman–Crippen MR) is 82.0 cm³/mol. The van der Waals surface area contributed by atoms with Gasteiger partial charge in [0.05, 0.1) is 26.9 Å². The molecular weight excluding hydrogens is 266 g/mol. The fourth-order valence-corrected chi connectivity index (χ4v) is 4.13. The Labute approximate surface area is 126 Å². The molecule has 0 radical (unpaired) electrons. The first-order valence-corrected chi connectivity index (χ1v) is 7.76. The lowest BCUT2D eigenvalue weighted by Gasteiger charge is -2.20. The minimum Gasteiger partial charge on any atom is -0.496 e. The zero-order valence-electron chi connectivity index (χ0n) is 13.1.